The van der Waals surface area contributed by atoms with Gasteiger partial charge in [0.15, 0.2) is 0 Å². The third-order valence-electron chi connectivity index (χ3n) is 6.87. The molecule has 2 aromatic heterocycles. The number of pyridine rings is 1. The van der Waals surface area contributed by atoms with E-state index in [-0.39, 0.29) is 18.3 Å². The maximum Gasteiger partial charge on any atom is 0.307 e. The molecule has 6 nitrogen and oxygen atoms in total. The molecule has 0 amide bonds. The Balaban J connectivity index is 1.55. The first-order chi connectivity index (χ1) is 17.4. The minimum Gasteiger partial charge on any atom is -0.487 e. The van der Waals surface area contributed by atoms with Crippen LogP contribution in [-0.4, -0.2) is 25.6 Å². The molecule has 2 heterocycles. The van der Waals surface area contributed by atoms with Crippen molar-refractivity contribution in [2.24, 2.45) is 5.92 Å². The lowest BCUT2D eigenvalue weighted by molar-refractivity contribution is -0.143. The van der Waals surface area contributed by atoms with Crippen LogP contribution >= 0.6 is 15.9 Å². The highest BCUT2D eigenvalue weighted by atomic mass is 79.9. The molecule has 0 unspecified atom stereocenters. The van der Waals surface area contributed by atoms with Crippen LogP contribution in [0.3, 0.4) is 0 Å². The maximum atomic E-state index is 14.8. The number of halogens is 2. The number of aryl methyl sites for hydroxylation is 1. The van der Waals surface area contributed by atoms with E-state index in [9.17, 15) is 14.3 Å². The van der Waals surface area contributed by atoms with Crippen molar-refractivity contribution < 1.29 is 19.0 Å². The van der Waals surface area contributed by atoms with Crippen molar-refractivity contribution in [1.82, 2.24) is 14.5 Å². The molecule has 186 valence electrons. The summed E-state index contributed by atoms with van der Waals surface area (Å²) in [5, 5.41) is 9.91. The van der Waals surface area contributed by atoms with Crippen molar-refractivity contribution in [3.8, 4) is 5.75 Å². The third-order valence-corrected chi connectivity index (χ3v) is 7.36. The largest absolute Gasteiger partial charge is 0.487 e. The molecule has 1 aliphatic carbocycles. The van der Waals surface area contributed by atoms with Crippen molar-refractivity contribution >= 4 is 32.9 Å². The Morgan fingerprint density at radius 1 is 1.17 bits per heavy atom. The molecule has 1 N–H and O–H groups in total. The second-order valence-electron chi connectivity index (χ2n) is 9.39. The van der Waals surface area contributed by atoms with Gasteiger partial charge in [-0.25, -0.2) is 9.37 Å². The maximum absolute atomic E-state index is 14.8. The van der Waals surface area contributed by atoms with Gasteiger partial charge in [0.25, 0.3) is 0 Å². The van der Waals surface area contributed by atoms with E-state index in [1.54, 1.807) is 18.3 Å². The number of carboxylic acid groups (broad SMARTS) is 1. The van der Waals surface area contributed by atoms with Crippen LogP contribution in [-0.2, 0) is 17.9 Å². The van der Waals surface area contributed by atoms with Gasteiger partial charge in [-0.1, -0.05) is 40.9 Å². The van der Waals surface area contributed by atoms with E-state index >= 15 is 0 Å². The van der Waals surface area contributed by atoms with Crippen LogP contribution in [0.4, 0.5) is 4.39 Å². The fourth-order valence-electron chi connectivity index (χ4n) is 4.96. The zero-order chi connectivity index (χ0) is 25.2. The molecule has 2 aromatic carbocycles. The van der Waals surface area contributed by atoms with E-state index in [0.29, 0.717) is 34.6 Å². The summed E-state index contributed by atoms with van der Waals surface area (Å²) >= 11 is 3.32. The van der Waals surface area contributed by atoms with Crippen LogP contribution in [0.5, 0.6) is 5.75 Å². The highest BCUT2D eigenvalue weighted by Crippen LogP contribution is 2.39. The van der Waals surface area contributed by atoms with Gasteiger partial charge in [-0.2, -0.15) is 0 Å². The molecule has 0 spiro atoms. The summed E-state index contributed by atoms with van der Waals surface area (Å²) in [6.07, 6.45) is 5.00. The number of hydrogen-bond acceptors (Lipinski definition) is 4. The van der Waals surface area contributed by atoms with Crippen LogP contribution in [0.2, 0.25) is 0 Å². The van der Waals surface area contributed by atoms with Crippen molar-refractivity contribution in [3.63, 3.8) is 0 Å². The Morgan fingerprint density at radius 2 is 2.00 bits per heavy atom. The van der Waals surface area contributed by atoms with Crippen molar-refractivity contribution in [2.75, 3.05) is 0 Å². The van der Waals surface area contributed by atoms with E-state index in [0.717, 1.165) is 41.6 Å². The van der Waals surface area contributed by atoms with E-state index in [1.165, 1.54) is 6.07 Å². The van der Waals surface area contributed by atoms with E-state index in [2.05, 4.69) is 20.9 Å². The van der Waals surface area contributed by atoms with Gasteiger partial charge < -0.3 is 14.4 Å². The Bertz CT molecular complexity index is 1400. The molecule has 1 aliphatic rings. The Kier molecular flexibility index (Phi) is 7.05. The Labute approximate surface area is 217 Å². The Hall–Kier alpha value is -3.26. The lowest BCUT2D eigenvalue weighted by atomic mass is 9.78. The molecular formula is C28H27BrFN3O3. The van der Waals surface area contributed by atoms with Crippen LogP contribution in [0, 0.1) is 18.7 Å². The minimum absolute atomic E-state index is 0.233. The molecule has 1 saturated carbocycles. The lowest BCUT2D eigenvalue weighted by Crippen LogP contribution is -2.28. The molecule has 0 saturated heterocycles. The van der Waals surface area contributed by atoms with Crippen molar-refractivity contribution in [3.05, 3.63) is 87.7 Å². The summed E-state index contributed by atoms with van der Waals surface area (Å²) in [6.45, 7) is 2.55. The Morgan fingerprint density at radius 3 is 2.75 bits per heavy atom. The van der Waals surface area contributed by atoms with Gasteiger partial charge >= 0.3 is 5.97 Å². The number of carbonyl (C=O) groups is 1. The molecule has 4 aromatic rings. The number of nitrogens with zero attached hydrogens (tertiary/aromatic N) is 3. The van der Waals surface area contributed by atoms with Gasteiger partial charge in [-0.3, -0.25) is 9.78 Å². The molecule has 5 rings (SSSR count). The van der Waals surface area contributed by atoms with Gasteiger partial charge in [-0.05, 0) is 55.7 Å². The summed E-state index contributed by atoms with van der Waals surface area (Å²) in [5.74, 6) is -0.532. The molecular weight excluding hydrogens is 525 g/mol. The number of aromatic nitrogens is 3. The van der Waals surface area contributed by atoms with Crippen LogP contribution < -0.4 is 4.74 Å². The first-order valence-electron chi connectivity index (χ1n) is 12.1. The number of imidazole rings is 1. The molecule has 36 heavy (non-hydrogen) atoms. The molecule has 1 fully saturated rings. The number of rotatable bonds is 7. The van der Waals surface area contributed by atoms with Crippen molar-refractivity contribution in [2.45, 2.75) is 51.7 Å². The highest BCUT2D eigenvalue weighted by molar-refractivity contribution is 9.10. The van der Waals surface area contributed by atoms with Crippen LogP contribution in [0.1, 0.15) is 54.2 Å². The monoisotopic (exact) mass is 551 g/mol. The predicted molar refractivity (Wildman–Crippen MR) is 139 cm³/mol. The topological polar surface area (TPSA) is 77.2 Å². The number of hydrogen-bond donors (Lipinski definition) is 1. The SMILES string of the molecule is Cc1ccc(COc2ccc3nc([C@H]4CCCC[C@@H]4C(=O)O)n(Cc4ccc(Br)cc4F)c3c2)nc1. The summed E-state index contributed by atoms with van der Waals surface area (Å²) < 4.78 is 23.5. The summed E-state index contributed by atoms with van der Waals surface area (Å²) in [4.78, 5) is 21.4. The van der Waals surface area contributed by atoms with Gasteiger partial charge in [0.1, 0.15) is 24.0 Å². The number of ether oxygens (including phenoxy) is 1. The fourth-order valence-corrected chi connectivity index (χ4v) is 5.29. The second kappa shape index (κ2) is 10.4. The number of benzene rings is 2. The molecule has 2 atom stereocenters. The van der Waals surface area contributed by atoms with Gasteiger partial charge in [0, 0.05) is 28.2 Å². The second-order valence-corrected chi connectivity index (χ2v) is 10.3. The zero-order valence-corrected chi connectivity index (χ0v) is 21.5. The summed E-state index contributed by atoms with van der Waals surface area (Å²) in [5.41, 5.74) is 3.93. The zero-order valence-electron chi connectivity index (χ0n) is 20.0. The average Bonchev–Trinajstić information content (AvgIpc) is 3.22. The number of aliphatic carboxylic acids is 1. The van der Waals surface area contributed by atoms with E-state index < -0.39 is 11.9 Å². The minimum atomic E-state index is -0.803. The average molecular weight is 552 g/mol. The van der Waals surface area contributed by atoms with Crippen LogP contribution in [0.25, 0.3) is 11.0 Å². The van der Waals surface area contributed by atoms with Crippen LogP contribution in [0.15, 0.2) is 59.2 Å². The van der Waals surface area contributed by atoms with Gasteiger partial charge in [0.05, 0.1) is 29.2 Å². The standard InChI is InChI=1S/C28H27BrFN3O3/c1-17-6-9-20(31-14-17)16-36-21-10-11-25-26(13-21)33(15-18-7-8-19(29)12-24(18)30)27(32-25)22-4-2-3-5-23(22)28(34)35/h6-14,22-23H,2-5,15-16H2,1H3,(H,34,35)/t22-,23-/m0/s1. The third kappa shape index (κ3) is 5.14. The smallest absolute Gasteiger partial charge is 0.307 e. The number of fused-ring (bicyclic) bond motifs is 1. The van der Waals surface area contributed by atoms with Crippen molar-refractivity contribution in [1.29, 1.82) is 0 Å². The lowest BCUT2D eigenvalue weighted by Gasteiger charge is -2.28. The molecule has 0 aliphatic heterocycles. The molecule has 8 heteroatoms. The van der Waals surface area contributed by atoms with E-state index in [1.807, 2.05) is 41.8 Å². The fraction of sp³-hybridized carbons (Fsp3) is 0.321. The van der Waals surface area contributed by atoms with Gasteiger partial charge in [-0.15, -0.1) is 0 Å². The molecule has 0 radical (unpaired) electrons. The first kappa shape index (κ1) is 24.4. The van der Waals surface area contributed by atoms with Gasteiger partial charge in [0.2, 0.25) is 0 Å². The summed E-state index contributed by atoms with van der Waals surface area (Å²) in [7, 11) is 0. The quantitative estimate of drug-likeness (QED) is 0.279. The first-order valence-corrected chi connectivity index (χ1v) is 12.9. The molecule has 0 bridgehead atoms. The van der Waals surface area contributed by atoms with E-state index in [4.69, 9.17) is 9.72 Å². The predicted octanol–water partition coefficient (Wildman–Crippen LogP) is 6.63. The number of carboxylic acids is 1. The summed E-state index contributed by atoms with van der Waals surface area (Å²) in [6, 6.07) is 14.5. The highest BCUT2D eigenvalue weighted by Gasteiger charge is 2.35. The normalized spacial score (nSPS) is 17.9.